The number of hydrogen-bond acceptors (Lipinski definition) is 5. The molecule has 136 valence electrons. The Balaban J connectivity index is 1.59. The molecule has 0 radical (unpaired) electrons. The van der Waals surface area contributed by atoms with Gasteiger partial charge in [0, 0.05) is 30.0 Å². The number of imide groups is 1. The van der Waals surface area contributed by atoms with E-state index in [1.165, 1.54) is 24.3 Å². The van der Waals surface area contributed by atoms with Crippen molar-refractivity contribution in [2.24, 2.45) is 0 Å². The van der Waals surface area contributed by atoms with Crippen LogP contribution in [0.2, 0.25) is 0 Å². The van der Waals surface area contributed by atoms with Crippen molar-refractivity contribution in [3.05, 3.63) is 54.6 Å². The van der Waals surface area contributed by atoms with E-state index in [4.69, 9.17) is 0 Å². The molecule has 2 amide bonds. The fourth-order valence-corrected chi connectivity index (χ4v) is 4.53. The minimum atomic E-state index is -3.63. The van der Waals surface area contributed by atoms with E-state index in [2.05, 4.69) is 4.72 Å². The van der Waals surface area contributed by atoms with Gasteiger partial charge >= 0.3 is 0 Å². The van der Waals surface area contributed by atoms with Gasteiger partial charge in [-0.2, -0.15) is 0 Å². The van der Waals surface area contributed by atoms with E-state index in [-0.39, 0.29) is 29.6 Å². The molecule has 0 aromatic heterocycles. The molecule has 1 aliphatic rings. The minimum absolute atomic E-state index is 0.102. The fourth-order valence-electron chi connectivity index (χ4n) is 2.58. The van der Waals surface area contributed by atoms with Gasteiger partial charge < -0.3 is 0 Å². The Morgan fingerprint density at radius 2 is 1.54 bits per heavy atom. The van der Waals surface area contributed by atoms with Crippen molar-refractivity contribution in [2.75, 3.05) is 17.2 Å². The average Bonchev–Trinajstić information content (AvgIpc) is 2.98. The molecule has 6 nitrogen and oxygen atoms in total. The van der Waals surface area contributed by atoms with Crippen LogP contribution in [-0.4, -0.2) is 32.5 Å². The van der Waals surface area contributed by atoms with Gasteiger partial charge in [-0.1, -0.05) is 18.2 Å². The van der Waals surface area contributed by atoms with Gasteiger partial charge in [0.15, 0.2) is 0 Å². The number of hydrogen-bond donors (Lipinski definition) is 1. The molecule has 0 unspecified atom stereocenters. The first kappa shape index (κ1) is 18.6. The highest BCUT2D eigenvalue weighted by Gasteiger charge is 2.30. The van der Waals surface area contributed by atoms with Crippen LogP contribution in [-0.2, 0) is 19.6 Å². The van der Waals surface area contributed by atoms with Crippen LogP contribution in [0.15, 0.2) is 64.4 Å². The molecule has 1 saturated heterocycles. The van der Waals surface area contributed by atoms with Gasteiger partial charge in [-0.3, -0.25) is 14.5 Å². The lowest BCUT2D eigenvalue weighted by Crippen LogP contribution is -2.29. The van der Waals surface area contributed by atoms with Crippen molar-refractivity contribution in [3.63, 3.8) is 0 Å². The molecule has 0 spiro atoms. The van der Waals surface area contributed by atoms with Crippen molar-refractivity contribution in [3.8, 4) is 0 Å². The second kappa shape index (κ2) is 8.03. The molecule has 1 aliphatic heterocycles. The number of carbonyl (C=O) groups is 2. The number of nitrogens with one attached hydrogen (secondary N) is 1. The van der Waals surface area contributed by atoms with Gasteiger partial charge in [0.1, 0.15) is 0 Å². The van der Waals surface area contributed by atoms with Crippen LogP contribution >= 0.6 is 11.8 Å². The zero-order chi connectivity index (χ0) is 18.6. The van der Waals surface area contributed by atoms with Crippen LogP contribution < -0.4 is 9.62 Å². The smallest absolute Gasteiger partial charge is 0.240 e. The van der Waals surface area contributed by atoms with Gasteiger partial charge in [0.05, 0.1) is 10.6 Å². The molecule has 0 bridgehead atoms. The lowest BCUT2D eigenvalue weighted by atomic mass is 10.3. The van der Waals surface area contributed by atoms with Gasteiger partial charge in [0.2, 0.25) is 21.8 Å². The first-order valence-electron chi connectivity index (χ1n) is 8.11. The molecule has 0 aliphatic carbocycles. The van der Waals surface area contributed by atoms with E-state index in [1.54, 1.807) is 11.8 Å². The quantitative estimate of drug-likeness (QED) is 0.446. The Bertz CT molecular complexity index is 881. The van der Waals surface area contributed by atoms with E-state index in [1.807, 2.05) is 30.3 Å². The first-order valence-corrected chi connectivity index (χ1v) is 10.6. The van der Waals surface area contributed by atoms with Crippen LogP contribution in [0.25, 0.3) is 0 Å². The number of sulfonamides is 1. The number of anilines is 1. The first-order chi connectivity index (χ1) is 12.5. The second-order valence-electron chi connectivity index (χ2n) is 5.68. The normalized spacial score (nSPS) is 14.8. The summed E-state index contributed by atoms with van der Waals surface area (Å²) in [5, 5.41) is 0. The SMILES string of the molecule is O=C1CCC(=O)N1c1ccc(S(=O)(=O)NCCSc2ccccc2)cc1. The summed E-state index contributed by atoms with van der Waals surface area (Å²) in [5.74, 6) is 0.0845. The number of thioether (sulfide) groups is 1. The summed E-state index contributed by atoms with van der Waals surface area (Å²) in [5.41, 5.74) is 0.399. The molecule has 1 heterocycles. The van der Waals surface area contributed by atoms with Gasteiger partial charge in [0.25, 0.3) is 0 Å². The van der Waals surface area contributed by atoms with E-state index >= 15 is 0 Å². The molecule has 1 N–H and O–H groups in total. The van der Waals surface area contributed by atoms with Gasteiger partial charge in [-0.25, -0.2) is 13.1 Å². The van der Waals surface area contributed by atoms with Crippen molar-refractivity contribution >= 4 is 39.3 Å². The topological polar surface area (TPSA) is 83.6 Å². The highest BCUT2D eigenvalue weighted by molar-refractivity contribution is 7.99. The summed E-state index contributed by atoms with van der Waals surface area (Å²) in [6.45, 7) is 0.298. The Kier molecular flexibility index (Phi) is 5.75. The lowest BCUT2D eigenvalue weighted by molar-refractivity contribution is -0.121. The number of carbonyl (C=O) groups excluding carboxylic acids is 2. The van der Waals surface area contributed by atoms with Crippen molar-refractivity contribution in [1.82, 2.24) is 4.72 Å². The lowest BCUT2D eigenvalue weighted by Gasteiger charge is -2.14. The summed E-state index contributed by atoms with van der Waals surface area (Å²) < 4.78 is 27.2. The fraction of sp³-hybridized carbons (Fsp3) is 0.222. The van der Waals surface area contributed by atoms with Crippen LogP contribution in [0.3, 0.4) is 0 Å². The number of rotatable bonds is 7. The van der Waals surface area contributed by atoms with E-state index < -0.39 is 10.0 Å². The van der Waals surface area contributed by atoms with Crippen LogP contribution in [0.5, 0.6) is 0 Å². The molecular formula is C18H18N2O4S2. The summed E-state index contributed by atoms with van der Waals surface area (Å²) in [7, 11) is -3.63. The van der Waals surface area contributed by atoms with E-state index in [0.717, 1.165) is 9.80 Å². The predicted octanol–water partition coefficient (Wildman–Crippen LogP) is 2.41. The molecule has 2 aromatic carbocycles. The summed E-state index contributed by atoms with van der Waals surface area (Å²) in [4.78, 5) is 25.7. The monoisotopic (exact) mass is 390 g/mol. The van der Waals surface area contributed by atoms with Gasteiger partial charge in [-0.05, 0) is 36.4 Å². The largest absolute Gasteiger partial charge is 0.274 e. The molecule has 0 saturated carbocycles. The standard InChI is InChI=1S/C18H18N2O4S2/c21-17-10-11-18(22)20(17)14-6-8-16(9-7-14)26(23,24)19-12-13-25-15-4-2-1-3-5-15/h1-9,19H,10-13H2. The molecular weight excluding hydrogens is 372 g/mol. The number of amides is 2. The van der Waals surface area contributed by atoms with Crippen LogP contribution in [0.4, 0.5) is 5.69 Å². The number of benzene rings is 2. The third-order valence-electron chi connectivity index (χ3n) is 3.86. The highest BCUT2D eigenvalue weighted by atomic mass is 32.2. The molecule has 8 heteroatoms. The minimum Gasteiger partial charge on any atom is -0.274 e. The molecule has 2 aromatic rings. The third-order valence-corrected chi connectivity index (χ3v) is 6.35. The maximum absolute atomic E-state index is 12.3. The van der Waals surface area contributed by atoms with Crippen molar-refractivity contribution < 1.29 is 18.0 Å². The maximum Gasteiger partial charge on any atom is 0.240 e. The van der Waals surface area contributed by atoms with Crippen molar-refractivity contribution in [2.45, 2.75) is 22.6 Å². The maximum atomic E-state index is 12.3. The Hall–Kier alpha value is -2.16. The zero-order valence-electron chi connectivity index (χ0n) is 13.9. The molecule has 0 atom stereocenters. The molecule has 26 heavy (non-hydrogen) atoms. The van der Waals surface area contributed by atoms with Crippen LogP contribution in [0.1, 0.15) is 12.8 Å². The molecule has 3 rings (SSSR count). The van der Waals surface area contributed by atoms with Crippen molar-refractivity contribution in [1.29, 1.82) is 0 Å². The Morgan fingerprint density at radius 3 is 2.15 bits per heavy atom. The van der Waals surface area contributed by atoms with Gasteiger partial charge in [-0.15, -0.1) is 11.8 Å². The summed E-state index contributed by atoms with van der Waals surface area (Å²) in [6.07, 6.45) is 0.388. The zero-order valence-corrected chi connectivity index (χ0v) is 15.6. The van der Waals surface area contributed by atoms with E-state index in [0.29, 0.717) is 18.0 Å². The second-order valence-corrected chi connectivity index (χ2v) is 8.61. The van der Waals surface area contributed by atoms with Crippen LogP contribution in [0, 0.1) is 0 Å². The molecule has 1 fully saturated rings. The highest BCUT2D eigenvalue weighted by Crippen LogP contribution is 2.24. The average molecular weight is 390 g/mol. The number of nitrogens with zero attached hydrogens (tertiary/aromatic N) is 1. The summed E-state index contributed by atoms with van der Waals surface area (Å²) >= 11 is 1.57. The Morgan fingerprint density at radius 1 is 0.923 bits per heavy atom. The summed E-state index contributed by atoms with van der Waals surface area (Å²) in [6, 6.07) is 15.5. The third kappa shape index (κ3) is 4.32. The predicted molar refractivity (Wildman–Crippen MR) is 101 cm³/mol. The Labute approximate surface area is 156 Å². The van der Waals surface area contributed by atoms with E-state index in [9.17, 15) is 18.0 Å².